The van der Waals surface area contributed by atoms with Crippen molar-refractivity contribution < 1.29 is 14.3 Å². The highest BCUT2D eigenvalue weighted by Crippen LogP contribution is 2.42. The lowest BCUT2D eigenvalue weighted by molar-refractivity contribution is 0.0474. The molecular formula is C17H13NO3S2. The van der Waals surface area contributed by atoms with Crippen LogP contribution in [-0.4, -0.2) is 11.0 Å². The normalized spacial score (nSPS) is 12.2. The first kappa shape index (κ1) is 14.4. The Bertz CT molecular complexity index is 882. The minimum Gasteiger partial charge on any atom is -0.488 e. The van der Waals surface area contributed by atoms with Crippen LogP contribution in [-0.2, 0) is 18.0 Å². The van der Waals surface area contributed by atoms with Crippen LogP contribution in [0.3, 0.4) is 0 Å². The molecule has 0 amide bonds. The van der Waals surface area contributed by atoms with Gasteiger partial charge >= 0.3 is 5.97 Å². The van der Waals surface area contributed by atoms with Crippen molar-refractivity contribution in [2.75, 3.05) is 0 Å². The lowest BCUT2D eigenvalue weighted by atomic mass is 10.1. The van der Waals surface area contributed by atoms with Crippen molar-refractivity contribution in [3.63, 3.8) is 0 Å². The maximum Gasteiger partial charge on any atom is 0.348 e. The van der Waals surface area contributed by atoms with E-state index in [1.165, 1.54) is 11.3 Å². The number of rotatable bonds is 3. The van der Waals surface area contributed by atoms with Gasteiger partial charge in [-0.1, -0.05) is 12.1 Å². The number of nitrogens with zero attached hydrogens (tertiary/aromatic N) is 1. The molecule has 0 atom stereocenters. The van der Waals surface area contributed by atoms with Gasteiger partial charge in [0.2, 0.25) is 0 Å². The lowest BCUT2D eigenvalue weighted by Crippen LogP contribution is -2.04. The van der Waals surface area contributed by atoms with E-state index in [2.05, 4.69) is 4.98 Å². The quantitative estimate of drug-likeness (QED) is 0.660. The zero-order valence-electron chi connectivity index (χ0n) is 12.4. The summed E-state index contributed by atoms with van der Waals surface area (Å²) in [7, 11) is 0. The first-order chi connectivity index (χ1) is 11.2. The molecular weight excluding hydrogens is 330 g/mol. The molecule has 3 aromatic rings. The molecule has 0 saturated heterocycles. The maximum atomic E-state index is 12.3. The predicted molar refractivity (Wildman–Crippen MR) is 90.1 cm³/mol. The second-order valence-corrected chi connectivity index (χ2v) is 7.30. The number of para-hydroxylation sites is 1. The van der Waals surface area contributed by atoms with Crippen LogP contribution >= 0.6 is 22.7 Å². The summed E-state index contributed by atoms with van der Waals surface area (Å²) in [6.45, 7) is 2.63. The summed E-state index contributed by atoms with van der Waals surface area (Å²) in [5, 5.41) is 2.88. The molecule has 1 aromatic carbocycles. The standard InChI is InChI=1S/C17H13NO3S2/c1-10-18-12(9-22-10)8-21-17(19)15-6-11-7-20-14-5-3-2-4-13(14)16(11)23-15/h2-6,9H,7-8H2,1H3. The molecule has 6 heteroatoms. The number of thiazole rings is 1. The largest absolute Gasteiger partial charge is 0.488 e. The zero-order valence-corrected chi connectivity index (χ0v) is 14.0. The molecule has 116 valence electrons. The van der Waals surface area contributed by atoms with Gasteiger partial charge in [-0.05, 0) is 25.1 Å². The number of aromatic nitrogens is 1. The van der Waals surface area contributed by atoms with E-state index < -0.39 is 0 Å². The van der Waals surface area contributed by atoms with E-state index in [1.807, 2.05) is 42.6 Å². The Kier molecular flexibility index (Phi) is 3.63. The van der Waals surface area contributed by atoms with Gasteiger partial charge in [0.15, 0.2) is 0 Å². The first-order valence-electron chi connectivity index (χ1n) is 7.14. The summed E-state index contributed by atoms with van der Waals surface area (Å²) in [5.74, 6) is 0.548. The highest BCUT2D eigenvalue weighted by molar-refractivity contribution is 7.17. The van der Waals surface area contributed by atoms with E-state index in [1.54, 1.807) is 11.3 Å². The smallest absolute Gasteiger partial charge is 0.348 e. The first-order valence-corrected chi connectivity index (χ1v) is 8.83. The molecule has 4 rings (SSSR count). The second kappa shape index (κ2) is 5.79. The van der Waals surface area contributed by atoms with E-state index in [4.69, 9.17) is 9.47 Å². The summed E-state index contributed by atoms with van der Waals surface area (Å²) in [6, 6.07) is 9.74. The van der Waals surface area contributed by atoms with E-state index in [9.17, 15) is 4.79 Å². The van der Waals surface area contributed by atoms with Gasteiger partial charge in [0, 0.05) is 21.4 Å². The third kappa shape index (κ3) is 2.75. The van der Waals surface area contributed by atoms with E-state index in [0.29, 0.717) is 11.5 Å². The molecule has 4 nitrogen and oxygen atoms in total. The van der Waals surface area contributed by atoms with Crippen molar-refractivity contribution in [2.24, 2.45) is 0 Å². The number of aryl methyl sites for hydroxylation is 1. The zero-order chi connectivity index (χ0) is 15.8. The van der Waals surface area contributed by atoms with Crippen LogP contribution < -0.4 is 4.74 Å². The summed E-state index contributed by atoms with van der Waals surface area (Å²) in [4.78, 5) is 18.3. The van der Waals surface area contributed by atoms with Crippen molar-refractivity contribution in [2.45, 2.75) is 20.1 Å². The van der Waals surface area contributed by atoms with Crippen molar-refractivity contribution in [3.05, 3.63) is 56.9 Å². The monoisotopic (exact) mass is 343 g/mol. The van der Waals surface area contributed by atoms with Crippen molar-refractivity contribution in [3.8, 4) is 16.2 Å². The summed E-state index contributed by atoms with van der Waals surface area (Å²) in [6.07, 6.45) is 0. The molecule has 2 aromatic heterocycles. The summed E-state index contributed by atoms with van der Waals surface area (Å²) >= 11 is 3.00. The molecule has 0 bridgehead atoms. The molecule has 0 spiro atoms. The Morgan fingerprint density at radius 3 is 3.09 bits per heavy atom. The lowest BCUT2D eigenvalue weighted by Gasteiger charge is -2.16. The molecule has 0 unspecified atom stereocenters. The van der Waals surface area contributed by atoms with Crippen molar-refractivity contribution in [1.29, 1.82) is 0 Å². The van der Waals surface area contributed by atoms with Crippen molar-refractivity contribution in [1.82, 2.24) is 4.98 Å². The van der Waals surface area contributed by atoms with E-state index >= 15 is 0 Å². The minimum absolute atomic E-state index is 0.207. The average Bonchev–Trinajstić information content (AvgIpc) is 3.18. The Hall–Kier alpha value is -2.18. The Labute approximate surface area is 141 Å². The fourth-order valence-electron chi connectivity index (χ4n) is 2.49. The molecule has 0 N–H and O–H groups in total. The Balaban J connectivity index is 1.55. The molecule has 0 saturated carbocycles. The maximum absolute atomic E-state index is 12.3. The third-order valence-corrected chi connectivity index (χ3v) is 5.56. The van der Waals surface area contributed by atoms with Crippen molar-refractivity contribution >= 4 is 28.6 Å². The summed E-state index contributed by atoms with van der Waals surface area (Å²) < 4.78 is 11.1. The number of carbonyl (C=O) groups excluding carboxylic acids is 1. The number of hydrogen-bond acceptors (Lipinski definition) is 6. The van der Waals surface area contributed by atoms with Crippen LogP contribution in [0.5, 0.6) is 5.75 Å². The minimum atomic E-state index is -0.312. The molecule has 1 aliphatic rings. The van der Waals surface area contributed by atoms with Crippen LogP contribution in [0.4, 0.5) is 0 Å². The number of thiophene rings is 1. The van der Waals surface area contributed by atoms with Gasteiger partial charge in [-0.2, -0.15) is 0 Å². The van der Waals surface area contributed by atoms with Crippen LogP contribution in [0.15, 0.2) is 35.7 Å². The summed E-state index contributed by atoms with van der Waals surface area (Å²) in [5.41, 5.74) is 2.86. The third-order valence-electron chi connectivity index (χ3n) is 3.54. The number of esters is 1. The highest BCUT2D eigenvalue weighted by Gasteiger charge is 2.23. The molecule has 0 radical (unpaired) electrons. The Morgan fingerprint density at radius 1 is 1.39 bits per heavy atom. The van der Waals surface area contributed by atoms with Crippen LogP contribution in [0.25, 0.3) is 10.4 Å². The number of carbonyl (C=O) groups is 1. The van der Waals surface area contributed by atoms with Gasteiger partial charge in [-0.25, -0.2) is 9.78 Å². The molecule has 0 fully saturated rings. The molecule has 1 aliphatic heterocycles. The second-order valence-electron chi connectivity index (χ2n) is 5.18. The molecule has 23 heavy (non-hydrogen) atoms. The van der Waals surface area contributed by atoms with Crippen LogP contribution in [0.2, 0.25) is 0 Å². The molecule has 3 heterocycles. The number of benzene rings is 1. The molecule has 0 aliphatic carbocycles. The van der Waals surface area contributed by atoms with Gasteiger partial charge < -0.3 is 9.47 Å². The fraction of sp³-hybridized carbons (Fsp3) is 0.176. The van der Waals surface area contributed by atoms with Crippen LogP contribution in [0.1, 0.15) is 25.9 Å². The number of hydrogen-bond donors (Lipinski definition) is 0. The van der Waals surface area contributed by atoms with Gasteiger partial charge in [0.05, 0.1) is 10.7 Å². The van der Waals surface area contributed by atoms with Gasteiger partial charge in [0.1, 0.15) is 23.8 Å². The highest BCUT2D eigenvalue weighted by atomic mass is 32.1. The fourth-order valence-corrected chi connectivity index (χ4v) is 4.17. The Morgan fingerprint density at radius 2 is 2.26 bits per heavy atom. The topological polar surface area (TPSA) is 48.4 Å². The predicted octanol–water partition coefficient (Wildman–Crippen LogP) is 4.43. The van der Waals surface area contributed by atoms with E-state index in [0.717, 1.165) is 32.5 Å². The van der Waals surface area contributed by atoms with Gasteiger partial charge in [-0.15, -0.1) is 22.7 Å². The average molecular weight is 343 g/mol. The van der Waals surface area contributed by atoms with E-state index in [-0.39, 0.29) is 12.6 Å². The number of ether oxygens (including phenoxy) is 2. The SMILES string of the molecule is Cc1nc(COC(=O)c2cc3c(s2)-c2ccccc2OC3)cs1. The van der Waals surface area contributed by atoms with Gasteiger partial charge in [0.25, 0.3) is 0 Å². The van der Waals surface area contributed by atoms with Crippen LogP contribution in [0, 0.1) is 6.92 Å². The van der Waals surface area contributed by atoms with Gasteiger partial charge in [-0.3, -0.25) is 0 Å². The number of fused-ring (bicyclic) bond motifs is 3.